The van der Waals surface area contributed by atoms with Crippen LogP contribution in [0.4, 0.5) is 27.8 Å². The molecule has 13 heteroatoms. The first-order chi connectivity index (χ1) is 16.7. The Morgan fingerprint density at radius 2 is 1.71 bits per heavy atom. The van der Waals surface area contributed by atoms with E-state index in [4.69, 9.17) is 20.3 Å². The molecule has 0 saturated heterocycles. The highest BCUT2D eigenvalue weighted by molar-refractivity contribution is 5.91. The summed E-state index contributed by atoms with van der Waals surface area (Å²) < 4.78 is 79.3. The van der Waals surface area contributed by atoms with Crippen LogP contribution in [0.2, 0.25) is 0 Å². The number of hydrogen-bond acceptors (Lipinski definition) is 7. The van der Waals surface area contributed by atoms with E-state index in [1.807, 2.05) is 12.1 Å². The van der Waals surface area contributed by atoms with Gasteiger partial charge >= 0.3 is 0 Å². The van der Waals surface area contributed by atoms with Gasteiger partial charge in [0.1, 0.15) is 29.2 Å². The molecule has 8 nitrogen and oxygen atoms in total. The lowest BCUT2D eigenvalue weighted by molar-refractivity contribution is 0.270. The second kappa shape index (κ2) is 10.1. The number of aromatic nitrogens is 2. The van der Waals surface area contributed by atoms with Crippen molar-refractivity contribution in [2.75, 3.05) is 19.5 Å². The normalized spacial score (nSPS) is 11.2. The molecule has 0 aliphatic heterocycles. The zero-order valence-corrected chi connectivity index (χ0v) is 17.7. The Morgan fingerprint density at radius 1 is 1.09 bits per heavy atom. The lowest BCUT2D eigenvalue weighted by atomic mass is 10.1. The second-order valence-electron chi connectivity index (χ2n) is 6.75. The molecule has 0 radical (unpaired) electrons. The van der Waals surface area contributed by atoms with Crippen molar-refractivity contribution >= 4 is 17.5 Å². The minimum atomic E-state index is -2.33. The summed E-state index contributed by atoms with van der Waals surface area (Å²) >= 11 is 0. The number of ether oxygens (including phenoxy) is 2. The van der Waals surface area contributed by atoms with Crippen molar-refractivity contribution < 1.29 is 36.5 Å². The number of aliphatic hydroxyl groups excluding tert-OH is 1. The van der Waals surface area contributed by atoms with E-state index >= 15 is 0 Å². The van der Waals surface area contributed by atoms with Gasteiger partial charge in [-0.25, -0.2) is 17.9 Å². The van der Waals surface area contributed by atoms with E-state index in [1.165, 1.54) is 18.2 Å². The van der Waals surface area contributed by atoms with E-state index in [2.05, 4.69) is 5.10 Å². The number of nitrogens with zero attached hydrogens (tertiary/aromatic N) is 4. The molecule has 3 N–H and O–H groups in total. The summed E-state index contributed by atoms with van der Waals surface area (Å²) in [4.78, 5) is 0. The predicted molar refractivity (Wildman–Crippen MR) is 111 cm³/mol. The third-order valence-corrected chi connectivity index (χ3v) is 4.67. The van der Waals surface area contributed by atoms with Crippen LogP contribution >= 0.6 is 0 Å². The molecule has 0 atom stereocenters. The minimum Gasteiger partial charge on any atom is -0.493 e. The average Bonchev–Trinajstić information content (AvgIpc) is 3.18. The van der Waals surface area contributed by atoms with Crippen LogP contribution in [0.3, 0.4) is 0 Å². The van der Waals surface area contributed by atoms with Gasteiger partial charge in [0, 0.05) is 0 Å². The van der Waals surface area contributed by atoms with E-state index < -0.39 is 34.8 Å². The van der Waals surface area contributed by atoms with Gasteiger partial charge in [-0.2, -0.15) is 24.4 Å². The number of anilines is 1. The summed E-state index contributed by atoms with van der Waals surface area (Å²) in [5, 5.41) is 32.2. The maximum Gasteiger partial charge on any atom is 0.207 e. The molecule has 3 rings (SSSR count). The van der Waals surface area contributed by atoms with Crippen molar-refractivity contribution in [2.45, 2.75) is 6.54 Å². The van der Waals surface area contributed by atoms with Crippen molar-refractivity contribution in [1.29, 1.82) is 10.5 Å². The first-order valence-corrected chi connectivity index (χ1v) is 9.55. The molecule has 0 aliphatic carbocycles. The molecule has 0 spiro atoms. The van der Waals surface area contributed by atoms with Gasteiger partial charge in [-0.05, 0) is 23.8 Å². The fourth-order valence-electron chi connectivity index (χ4n) is 3.00. The van der Waals surface area contributed by atoms with Crippen LogP contribution in [0, 0.1) is 51.7 Å². The topological polar surface area (TPSA) is 130 Å². The second-order valence-corrected chi connectivity index (χ2v) is 6.75. The largest absolute Gasteiger partial charge is 0.493 e. The fraction of sp³-hybridized carbons (Fsp3) is 0.136. The summed E-state index contributed by atoms with van der Waals surface area (Å²) in [5.41, 5.74) is 5.86. The Bertz CT molecular complexity index is 1390. The maximum absolute atomic E-state index is 14.0. The van der Waals surface area contributed by atoms with E-state index in [9.17, 15) is 32.5 Å². The molecule has 0 saturated carbocycles. The number of benzene rings is 2. The highest BCUT2D eigenvalue weighted by atomic mass is 19.2. The fourth-order valence-corrected chi connectivity index (χ4v) is 3.00. The number of allylic oxidation sites excluding steroid dienone is 1. The van der Waals surface area contributed by atoms with Gasteiger partial charge in [0.25, 0.3) is 0 Å². The van der Waals surface area contributed by atoms with Crippen molar-refractivity contribution in [2.24, 2.45) is 0 Å². The highest BCUT2D eigenvalue weighted by Gasteiger charge is 2.28. The van der Waals surface area contributed by atoms with Crippen LogP contribution in [-0.2, 0) is 6.54 Å². The molecule has 0 fully saturated rings. The van der Waals surface area contributed by atoms with Gasteiger partial charge in [0.05, 0.1) is 25.8 Å². The van der Waals surface area contributed by atoms with Crippen molar-refractivity contribution in [3.63, 3.8) is 0 Å². The smallest absolute Gasteiger partial charge is 0.207 e. The van der Waals surface area contributed by atoms with Crippen molar-refractivity contribution in [3.05, 3.63) is 64.1 Å². The van der Waals surface area contributed by atoms with Crippen molar-refractivity contribution in [1.82, 2.24) is 9.78 Å². The third-order valence-electron chi connectivity index (χ3n) is 4.67. The zero-order chi connectivity index (χ0) is 25.9. The third kappa shape index (κ3) is 4.58. The number of hydrogen-bond donors (Lipinski definition) is 2. The molecular weight excluding hydrogens is 477 g/mol. The number of methoxy groups -OCH3 is 1. The van der Waals surface area contributed by atoms with E-state index in [0.29, 0.717) is 0 Å². The predicted octanol–water partition coefficient (Wildman–Crippen LogP) is 3.89. The molecule has 180 valence electrons. The Morgan fingerprint density at radius 3 is 2.26 bits per heavy atom. The number of aliphatic hydroxyl groups is 1. The monoisotopic (exact) mass is 491 g/mol. The summed E-state index contributed by atoms with van der Waals surface area (Å²) in [6.07, 6.45) is 1.29. The number of nitrogen functional groups attached to an aromatic ring is 1. The van der Waals surface area contributed by atoms with E-state index in [0.717, 1.165) is 17.9 Å². The van der Waals surface area contributed by atoms with Gasteiger partial charge in [0.2, 0.25) is 34.8 Å². The molecule has 35 heavy (non-hydrogen) atoms. The van der Waals surface area contributed by atoms with Gasteiger partial charge in [-0.3, -0.25) is 0 Å². The molecule has 0 aliphatic rings. The number of halogens is 5. The van der Waals surface area contributed by atoms with Crippen LogP contribution in [-0.4, -0.2) is 28.6 Å². The quantitative estimate of drug-likeness (QED) is 0.222. The minimum absolute atomic E-state index is 0.0171. The van der Waals surface area contributed by atoms with Crippen LogP contribution in [0.25, 0.3) is 11.6 Å². The van der Waals surface area contributed by atoms with Crippen LogP contribution in [0.5, 0.6) is 17.2 Å². The van der Waals surface area contributed by atoms with Gasteiger partial charge in [-0.1, -0.05) is 6.07 Å². The maximum atomic E-state index is 14.0. The summed E-state index contributed by atoms with van der Waals surface area (Å²) in [6, 6.07) is 7.37. The Hall–Kier alpha value is -4.62. The molecule has 0 bridgehead atoms. The summed E-state index contributed by atoms with van der Waals surface area (Å²) in [6.45, 7) is -0.333. The highest BCUT2D eigenvalue weighted by Crippen LogP contribution is 2.38. The molecule has 2 aromatic carbocycles. The van der Waals surface area contributed by atoms with Crippen molar-refractivity contribution in [3.8, 4) is 29.4 Å². The first-order valence-electron chi connectivity index (χ1n) is 9.55. The number of rotatable bonds is 7. The first kappa shape index (κ1) is 25.0. The lowest BCUT2D eigenvalue weighted by Crippen LogP contribution is -2.07. The molecule has 1 aromatic heterocycles. The molecule has 0 unspecified atom stereocenters. The standard InChI is InChI=1S/C22H14F5N5O3/c1-34-14-7-10(6-11(8-28)20-12(9-29)22(30)32(31-20)4-5-33)2-3-13(14)35-21-18(26)16(24)15(23)17(25)19(21)27/h2-3,6-7,33H,4-5,30H2,1H3. The lowest BCUT2D eigenvalue weighted by Gasteiger charge is -2.13. The Balaban J connectivity index is 2.04. The molecule has 1 heterocycles. The van der Waals surface area contributed by atoms with E-state index in [-0.39, 0.29) is 52.9 Å². The van der Waals surface area contributed by atoms with Crippen LogP contribution < -0.4 is 15.2 Å². The molecular formula is C22H14F5N5O3. The Kier molecular flexibility index (Phi) is 7.22. The van der Waals surface area contributed by atoms with Gasteiger partial charge in [-0.15, -0.1) is 0 Å². The summed E-state index contributed by atoms with van der Waals surface area (Å²) in [5.74, 6) is -13.2. The van der Waals surface area contributed by atoms with Gasteiger partial charge in [0.15, 0.2) is 11.5 Å². The number of nitriles is 2. The molecule has 3 aromatic rings. The average molecular weight is 491 g/mol. The SMILES string of the molecule is COc1cc(C=C(C#N)c2nn(CCO)c(N)c2C#N)ccc1Oc1c(F)c(F)c(F)c(F)c1F. The van der Waals surface area contributed by atoms with Crippen LogP contribution in [0.1, 0.15) is 16.8 Å². The van der Waals surface area contributed by atoms with Gasteiger partial charge < -0.3 is 20.3 Å². The zero-order valence-electron chi connectivity index (χ0n) is 17.7. The number of nitrogens with two attached hydrogens (primary N) is 1. The van der Waals surface area contributed by atoms with Crippen LogP contribution in [0.15, 0.2) is 18.2 Å². The Labute approximate surface area is 194 Å². The van der Waals surface area contributed by atoms with E-state index in [1.54, 1.807) is 0 Å². The molecule has 0 amide bonds. The summed E-state index contributed by atoms with van der Waals surface area (Å²) in [7, 11) is 1.16.